The minimum atomic E-state index is 0.324. The fourth-order valence-electron chi connectivity index (χ4n) is 4.80. The molecule has 1 aromatic heterocycles. The molecular formula is C24H34ClN7. The molecule has 1 saturated carbocycles. The maximum atomic E-state index is 6.56. The third kappa shape index (κ3) is 5.70. The van der Waals surface area contributed by atoms with Gasteiger partial charge in [-0.2, -0.15) is 9.98 Å². The Hall–Kier alpha value is -2.38. The standard InChI is InChI=1S/C24H34ClN7/c1-3-31-14-6-7-19(16-31)28-22-15-17(2)27-24(29-22)30-23(26)32(20-8-4-5-9-20)21-12-10-18(25)11-13-21/h10-13,15,19-20H,3-9,14,16H2,1-2H3,(H3,26,27,28,29,30). The second-order valence-corrected chi connectivity index (χ2v) is 9.26. The first-order valence-corrected chi connectivity index (χ1v) is 12.1. The highest BCUT2D eigenvalue weighted by atomic mass is 35.5. The minimum absolute atomic E-state index is 0.324. The van der Waals surface area contributed by atoms with Gasteiger partial charge in [0.15, 0.2) is 0 Å². The van der Waals surface area contributed by atoms with Crippen molar-refractivity contribution in [1.29, 1.82) is 0 Å². The number of likely N-dealkylation sites (tertiary alicyclic amines) is 1. The molecule has 0 spiro atoms. The largest absolute Gasteiger partial charge is 0.369 e. The van der Waals surface area contributed by atoms with Crippen LogP contribution in [0.5, 0.6) is 0 Å². The molecule has 2 aromatic rings. The molecule has 8 heteroatoms. The highest BCUT2D eigenvalue weighted by Gasteiger charge is 2.26. The Bertz CT molecular complexity index is 924. The smallest absolute Gasteiger partial charge is 0.254 e. The van der Waals surface area contributed by atoms with Gasteiger partial charge >= 0.3 is 0 Å². The number of piperidine rings is 1. The lowest BCUT2D eigenvalue weighted by Crippen LogP contribution is -2.43. The topological polar surface area (TPSA) is 82.7 Å². The summed E-state index contributed by atoms with van der Waals surface area (Å²) in [6.07, 6.45) is 6.93. The number of aromatic nitrogens is 2. The Labute approximate surface area is 196 Å². The van der Waals surface area contributed by atoms with E-state index in [2.05, 4.69) is 37.0 Å². The first kappa shape index (κ1) is 22.8. The van der Waals surface area contributed by atoms with Crippen molar-refractivity contribution in [3.8, 4) is 0 Å². The first-order valence-electron chi connectivity index (χ1n) is 11.8. The number of aryl methyl sites for hydroxylation is 1. The zero-order valence-electron chi connectivity index (χ0n) is 19.1. The Morgan fingerprint density at radius 2 is 1.94 bits per heavy atom. The number of nitrogens with two attached hydrogens (primary N) is 1. The van der Waals surface area contributed by atoms with Gasteiger partial charge in [-0.1, -0.05) is 31.4 Å². The monoisotopic (exact) mass is 455 g/mol. The number of nitrogens with one attached hydrogen (secondary N) is 1. The molecule has 0 bridgehead atoms. The van der Waals surface area contributed by atoms with E-state index in [9.17, 15) is 0 Å². The van der Waals surface area contributed by atoms with E-state index in [-0.39, 0.29) is 0 Å². The molecule has 0 radical (unpaired) electrons. The Morgan fingerprint density at radius 3 is 2.66 bits per heavy atom. The van der Waals surface area contributed by atoms with E-state index in [1.165, 1.54) is 25.8 Å². The van der Waals surface area contributed by atoms with Crippen molar-refractivity contribution in [2.24, 2.45) is 10.7 Å². The van der Waals surface area contributed by atoms with Crippen LogP contribution in [0, 0.1) is 6.92 Å². The second-order valence-electron chi connectivity index (χ2n) is 8.83. The van der Waals surface area contributed by atoms with Crippen LogP contribution in [0.25, 0.3) is 0 Å². The van der Waals surface area contributed by atoms with Crippen LogP contribution in [0.15, 0.2) is 35.3 Å². The molecule has 7 nitrogen and oxygen atoms in total. The number of likely N-dealkylation sites (N-methyl/N-ethyl adjacent to an activating group) is 1. The van der Waals surface area contributed by atoms with Crippen LogP contribution < -0.4 is 16.0 Å². The molecule has 172 valence electrons. The lowest BCUT2D eigenvalue weighted by molar-refractivity contribution is 0.226. The predicted molar refractivity (Wildman–Crippen MR) is 133 cm³/mol. The molecule has 1 atom stereocenters. The van der Waals surface area contributed by atoms with Gasteiger partial charge in [0.1, 0.15) is 5.82 Å². The van der Waals surface area contributed by atoms with Crippen molar-refractivity contribution < 1.29 is 0 Å². The highest BCUT2D eigenvalue weighted by Crippen LogP contribution is 2.29. The van der Waals surface area contributed by atoms with E-state index >= 15 is 0 Å². The summed E-state index contributed by atoms with van der Waals surface area (Å²) in [5, 5.41) is 4.30. The van der Waals surface area contributed by atoms with Crippen molar-refractivity contribution in [2.45, 2.75) is 64.5 Å². The fourth-order valence-corrected chi connectivity index (χ4v) is 4.92. The van der Waals surface area contributed by atoms with Gasteiger partial charge in [0.05, 0.1) is 0 Å². The van der Waals surface area contributed by atoms with Gasteiger partial charge in [-0.25, -0.2) is 4.98 Å². The molecule has 1 aliphatic heterocycles. The molecule has 2 fully saturated rings. The Balaban J connectivity index is 1.57. The number of benzene rings is 1. The van der Waals surface area contributed by atoms with Gasteiger partial charge in [-0.15, -0.1) is 0 Å². The molecule has 1 unspecified atom stereocenters. The molecule has 32 heavy (non-hydrogen) atoms. The third-order valence-corrected chi connectivity index (χ3v) is 6.66. The summed E-state index contributed by atoms with van der Waals surface area (Å²) in [5.74, 6) is 1.63. The summed E-state index contributed by atoms with van der Waals surface area (Å²) >= 11 is 6.11. The van der Waals surface area contributed by atoms with E-state index in [4.69, 9.17) is 17.3 Å². The van der Waals surface area contributed by atoms with Gasteiger partial charge < -0.3 is 20.9 Å². The highest BCUT2D eigenvalue weighted by molar-refractivity contribution is 6.30. The molecule has 1 aliphatic carbocycles. The minimum Gasteiger partial charge on any atom is -0.369 e. The fraction of sp³-hybridized carbons (Fsp3) is 0.542. The van der Waals surface area contributed by atoms with E-state index in [0.29, 0.717) is 29.0 Å². The van der Waals surface area contributed by atoms with E-state index in [0.717, 1.165) is 49.6 Å². The number of hydrogen-bond acceptors (Lipinski definition) is 5. The molecule has 0 amide bonds. The van der Waals surface area contributed by atoms with Gasteiger partial charge in [-0.05, 0) is 70.0 Å². The van der Waals surface area contributed by atoms with Crippen molar-refractivity contribution in [1.82, 2.24) is 14.9 Å². The van der Waals surface area contributed by atoms with Crippen molar-refractivity contribution in [3.05, 3.63) is 41.0 Å². The molecule has 2 heterocycles. The summed E-state index contributed by atoms with van der Waals surface area (Å²) in [6.45, 7) is 7.46. The van der Waals surface area contributed by atoms with Crippen LogP contribution in [0.3, 0.4) is 0 Å². The van der Waals surface area contributed by atoms with E-state index in [1.54, 1.807) is 0 Å². The molecule has 1 aromatic carbocycles. The van der Waals surface area contributed by atoms with Crippen molar-refractivity contribution in [3.63, 3.8) is 0 Å². The molecular weight excluding hydrogens is 422 g/mol. The SMILES string of the molecule is CCN1CCCC(Nc2cc(C)nc(/N=C(\N)N(c3ccc(Cl)cc3)C3CCCC3)n2)C1. The average Bonchev–Trinajstić information content (AvgIpc) is 3.29. The molecule has 3 N–H and O–H groups in total. The van der Waals surface area contributed by atoms with Gasteiger partial charge in [0.25, 0.3) is 5.95 Å². The van der Waals surface area contributed by atoms with Crippen LogP contribution in [-0.2, 0) is 0 Å². The van der Waals surface area contributed by atoms with Gasteiger partial charge in [-0.3, -0.25) is 0 Å². The maximum absolute atomic E-state index is 6.56. The third-order valence-electron chi connectivity index (χ3n) is 6.40. The Morgan fingerprint density at radius 1 is 1.19 bits per heavy atom. The summed E-state index contributed by atoms with van der Waals surface area (Å²) in [5.41, 5.74) is 8.42. The maximum Gasteiger partial charge on any atom is 0.254 e. The average molecular weight is 456 g/mol. The van der Waals surface area contributed by atoms with Crippen LogP contribution in [0.4, 0.5) is 17.5 Å². The predicted octanol–water partition coefficient (Wildman–Crippen LogP) is 4.73. The number of aliphatic imine (C=N–C) groups is 1. The molecule has 4 rings (SSSR count). The normalized spacial score (nSPS) is 20.5. The van der Waals surface area contributed by atoms with Crippen molar-refractivity contribution >= 4 is 35.0 Å². The summed E-state index contributed by atoms with van der Waals surface area (Å²) in [4.78, 5) is 18.5. The van der Waals surface area contributed by atoms with Crippen LogP contribution in [0.2, 0.25) is 5.02 Å². The summed E-state index contributed by atoms with van der Waals surface area (Å²) in [7, 11) is 0. The Kier molecular flexibility index (Phi) is 7.48. The lowest BCUT2D eigenvalue weighted by Gasteiger charge is -2.32. The van der Waals surface area contributed by atoms with Gasteiger partial charge in [0, 0.05) is 41.1 Å². The summed E-state index contributed by atoms with van der Waals surface area (Å²) < 4.78 is 0. The number of guanidine groups is 1. The summed E-state index contributed by atoms with van der Waals surface area (Å²) in [6, 6.07) is 10.5. The first-order chi connectivity index (χ1) is 15.5. The quantitative estimate of drug-likeness (QED) is 0.484. The zero-order chi connectivity index (χ0) is 22.5. The number of anilines is 2. The van der Waals surface area contributed by atoms with Crippen LogP contribution in [-0.4, -0.2) is 52.5 Å². The number of nitrogens with zero attached hydrogens (tertiary/aromatic N) is 5. The number of hydrogen-bond donors (Lipinski definition) is 2. The number of halogens is 1. The number of rotatable bonds is 6. The van der Waals surface area contributed by atoms with Gasteiger partial charge in [0.2, 0.25) is 5.96 Å². The van der Waals surface area contributed by atoms with E-state index in [1.807, 2.05) is 37.3 Å². The second kappa shape index (κ2) is 10.5. The van der Waals surface area contributed by atoms with Crippen LogP contribution >= 0.6 is 11.6 Å². The molecule has 2 aliphatic rings. The van der Waals surface area contributed by atoms with Crippen molar-refractivity contribution in [2.75, 3.05) is 29.9 Å². The zero-order valence-corrected chi connectivity index (χ0v) is 19.9. The van der Waals surface area contributed by atoms with Crippen LogP contribution in [0.1, 0.15) is 51.1 Å². The lowest BCUT2D eigenvalue weighted by atomic mass is 10.1. The molecule has 1 saturated heterocycles. The van der Waals surface area contributed by atoms with E-state index < -0.39 is 0 Å².